The van der Waals surface area contributed by atoms with Gasteiger partial charge in [0.15, 0.2) is 11.5 Å². The highest BCUT2D eigenvalue weighted by molar-refractivity contribution is 6.09. The molecular formula is C26H22FNO3. The lowest BCUT2D eigenvalue weighted by atomic mass is 9.93. The lowest BCUT2D eigenvalue weighted by Gasteiger charge is -2.27. The van der Waals surface area contributed by atoms with E-state index in [2.05, 4.69) is 0 Å². The Morgan fingerprint density at radius 2 is 1.55 bits per heavy atom. The number of nitrogens with zero attached hydrogens (tertiary/aromatic N) is 1. The van der Waals surface area contributed by atoms with Crippen molar-refractivity contribution in [3.8, 4) is 0 Å². The van der Waals surface area contributed by atoms with Gasteiger partial charge in [-0.1, -0.05) is 72.8 Å². The minimum atomic E-state index is -0.841. The van der Waals surface area contributed by atoms with Crippen molar-refractivity contribution in [3.05, 3.63) is 119 Å². The topological polar surface area (TPSA) is 57.6 Å². The molecule has 5 heteroatoms. The van der Waals surface area contributed by atoms with E-state index in [0.717, 1.165) is 11.1 Å². The van der Waals surface area contributed by atoms with Gasteiger partial charge in [0.05, 0.1) is 11.6 Å². The predicted octanol–water partition coefficient (Wildman–Crippen LogP) is 4.92. The Labute approximate surface area is 180 Å². The van der Waals surface area contributed by atoms with Gasteiger partial charge in [0, 0.05) is 13.0 Å². The van der Waals surface area contributed by atoms with Gasteiger partial charge in [-0.15, -0.1) is 0 Å². The Bertz CT molecular complexity index is 1130. The largest absolute Gasteiger partial charge is 0.503 e. The second-order valence-electron chi connectivity index (χ2n) is 7.55. The summed E-state index contributed by atoms with van der Waals surface area (Å²) in [5.74, 6) is -1.96. The molecule has 1 aliphatic heterocycles. The Morgan fingerprint density at radius 1 is 0.903 bits per heavy atom. The molecule has 0 spiro atoms. The molecule has 1 N–H and O–H groups in total. The summed E-state index contributed by atoms with van der Waals surface area (Å²) < 4.78 is 14.0. The molecule has 0 radical (unpaired) electrons. The number of carbonyl (C=O) groups is 2. The van der Waals surface area contributed by atoms with Crippen LogP contribution < -0.4 is 0 Å². The molecule has 1 atom stereocenters. The third kappa shape index (κ3) is 4.40. The minimum absolute atomic E-state index is 0.0301. The SMILES string of the molecule is O=C(CCc1ccccc1)C1=C(O)C(=O)N(Cc2ccccc2)[C@@H]1c1cccc(F)c1. The Hall–Kier alpha value is -3.73. The summed E-state index contributed by atoms with van der Waals surface area (Å²) in [5.41, 5.74) is 2.32. The third-order valence-corrected chi connectivity index (χ3v) is 5.45. The van der Waals surface area contributed by atoms with Crippen molar-refractivity contribution in [2.24, 2.45) is 0 Å². The van der Waals surface area contributed by atoms with E-state index in [1.54, 1.807) is 6.07 Å². The summed E-state index contributed by atoms with van der Waals surface area (Å²) >= 11 is 0. The van der Waals surface area contributed by atoms with E-state index < -0.39 is 23.5 Å². The number of halogens is 1. The summed E-state index contributed by atoms with van der Waals surface area (Å²) in [5, 5.41) is 10.6. The predicted molar refractivity (Wildman–Crippen MR) is 116 cm³/mol. The van der Waals surface area contributed by atoms with Crippen LogP contribution in [0, 0.1) is 5.82 Å². The van der Waals surface area contributed by atoms with Gasteiger partial charge in [-0.05, 0) is 35.2 Å². The summed E-state index contributed by atoms with van der Waals surface area (Å²) in [4.78, 5) is 27.5. The van der Waals surface area contributed by atoms with Crippen LogP contribution in [0.25, 0.3) is 0 Å². The fraction of sp³-hybridized carbons (Fsp3) is 0.154. The van der Waals surface area contributed by atoms with Crippen LogP contribution in [0.2, 0.25) is 0 Å². The van der Waals surface area contributed by atoms with Crippen LogP contribution in [0.5, 0.6) is 0 Å². The number of hydrogen-bond acceptors (Lipinski definition) is 3. The van der Waals surface area contributed by atoms with E-state index in [4.69, 9.17) is 0 Å². The summed E-state index contributed by atoms with van der Waals surface area (Å²) in [6.45, 7) is 0.195. The van der Waals surface area contributed by atoms with E-state index >= 15 is 0 Å². The molecule has 0 saturated heterocycles. The molecule has 4 rings (SSSR count). The quantitative estimate of drug-likeness (QED) is 0.596. The number of ketones is 1. The highest BCUT2D eigenvalue weighted by atomic mass is 19.1. The summed E-state index contributed by atoms with van der Waals surface area (Å²) in [6, 6.07) is 23.8. The smallest absolute Gasteiger partial charge is 0.290 e. The number of amides is 1. The number of aliphatic hydroxyl groups excluding tert-OH is 1. The molecular weight excluding hydrogens is 393 g/mol. The first-order chi connectivity index (χ1) is 15.0. The van der Waals surface area contributed by atoms with E-state index in [9.17, 15) is 19.1 Å². The van der Waals surface area contributed by atoms with Gasteiger partial charge >= 0.3 is 0 Å². The highest BCUT2D eigenvalue weighted by Gasteiger charge is 2.43. The lowest BCUT2D eigenvalue weighted by Crippen LogP contribution is -2.30. The van der Waals surface area contributed by atoms with Crippen molar-refractivity contribution in [3.63, 3.8) is 0 Å². The first kappa shape index (κ1) is 20.5. The van der Waals surface area contributed by atoms with E-state index in [1.807, 2.05) is 60.7 Å². The minimum Gasteiger partial charge on any atom is -0.503 e. The van der Waals surface area contributed by atoms with E-state index in [1.165, 1.54) is 23.1 Å². The van der Waals surface area contributed by atoms with E-state index in [-0.39, 0.29) is 24.3 Å². The lowest BCUT2D eigenvalue weighted by molar-refractivity contribution is -0.130. The third-order valence-electron chi connectivity index (χ3n) is 5.45. The van der Waals surface area contributed by atoms with Crippen LogP contribution in [0.4, 0.5) is 4.39 Å². The molecule has 4 nitrogen and oxygen atoms in total. The van der Waals surface area contributed by atoms with Crippen LogP contribution in [-0.2, 0) is 22.6 Å². The zero-order valence-corrected chi connectivity index (χ0v) is 16.9. The summed E-state index contributed by atoms with van der Waals surface area (Å²) in [6.07, 6.45) is 0.626. The zero-order valence-electron chi connectivity index (χ0n) is 16.9. The standard InChI is InChI=1S/C26H22FNO3/c27-21-13-7-12-20(16-21)24-23(22(29)15-14-18-8-3-1-4-9-18)25(30)26(31)28(24)17-19-10-5-2-6-11-19/h1-13,16,24,30H,14-15,17H2/t24-/m1/s1. The molecule has 0 saturated carbocycles. The number of benzene rings is 3. The molecule has 0 unspecified atom stereocenters. The Morgan fingerprint density at radius 3 is 2.19 bits per heavy atom. The van der Waals surface area contributed by atoms with Gasteiger partial charge in [0.1, 0.15) is 5.82 Å². The van der Waals surface area contributed by atoms with Gasteiger partial charge in [-0.25, -0.2) is 4.39 Å². The maximum Gasteiger partial charge on any atom is 0.290 e. The van der Waals surface area contributed by atoms with Crippen molar-refractivity contribution in [2.75, 3.05) is 0 Å². The monoisotopic (exact) mass is 415 g/mol. The van der Waals surface area contributed by atoms with Crippen LogP contribution in [-0.4, -0.2) is 21.7 Å². The number of aryl methyl sites for hydroxylation is 1. The van der Waals surface area contributed by atoms with Crippen molar-refractivity contribution in [2.45, 2.75) is 25.4 Å². The first-order valence-electron chi connectivity index (χ1n) is 10.1. The zero-order chi connectivity index (χ0) is 21.8. The molecule has 3 aromatic rings. The molecule has 1 aliphatic rings. The number of hydrogen-bond donors (Lipinski definition) is 1. The molecule has 1 heterocycles. The van der Waals surface area contributed by atoms with E-state index in [0.29, 0.717) is 12.0 Å². The Kier molecular flexibility index (Phi) is 5.94. The number of carbonyl (C=O) groups excluding carboxylic acids is 2. The van der Waals surface area contributed by atoms with Crippen LogP contribution in [0.3, 0.4) is 0 Å². The second kappa shape index (κ2) is 8.96. The molecule has 0 fully saturated rings. The first-order valence-corrected chi connectivity index (χ1v) is 10.1. The Balaban J connectivity index is 1.67. The molecule has 1 amide bonds. The summed E-state index contributed by atoms with van der Waals surface area (Å²) in [7, 11) is 0. The van der Waals surface area contributed by atoms with Crippen LogP contribution in [0.15, 0.2) is 96.3 Å². The fourth-order valence-electron chi connectivity index (χ4n) is 3.94. The normalized spacial score (nSPS) is 16.1. The maximum atomic E-state index is 14.0. The van der Waals surface area contributed by atoms with Crippen molar-refractivity contribution < 1.29 is 19.1 Å². The van der Waals surface area contributed by atoms with Crippen LogP contribution in [0.1, 0.15) is 29.2 Å². The molecule has 0 aromatic heterocycles. The number of aliphatic hydroxyl groups is 1. The van der Waals surface area contributed by atoms with Crippen molar-refractivity contribution in [1.29, 1.82) is 0 Å². The van der Waals surface area contributed by atoms with Crippen LogP contribution >= 0.6 is 0 Å². The molecule has 0 aliphatic carbocycles. The molecule has 3 aromatic carbocycles. The van der Waals surface area contributed by atoms with Crippen molar-refractivity contribution in [1.82, 2.24) is 4.90 Å². The highest BCUT2D eigenvalue weighted by Crippen LogP contribution is 2.39. The molecule has 0 bridgehead atoms. The van der Waals surface area contributed by atoms with Gasteiger partial charge in [-0.3, -0.25) is 9.59 Å². The average molecular weight is 415 g/mol. The van der Waals surface area contributed by atoms with Gasteiger partial charge < -0.3 is 10.0 Å². The average Bonchev–Trinajstić information content (AvgIpc) is 3.04. The maximum absolute atomic E-state index is 14.0. The van der Waals surface area contributed by atoms with Gasteiger partial charge in [0.25, 0.3) is 5.91 Å². The molecule has 31 heavy (non-hydrogen) atoms. The number of rotatable bonds is 7. The fourth-order valence-corrected chi connectivity index (χ4v) is 3.94. The molecule has 156 valence electrons. The van der Waals surface area contributed by atoms with Gasteiger partial charge in [-0.2, -0.15) is 0 Å². The van der Waals surface area contributed by atoms with Gasteiger partial charge in [0.2, 0.25) is 0 Å². The number of Topliss-reactive ketones (excluding diaryl/α,β-unsaturated/α-hetero) is 1. The second-order valence-corrected chi connectivity index (χ2v) is 7.55. The van der Waals surface area contributed by atoms with Crippen molar-refractivity contribution >= 4 is 11.7 Å².